The van der Waals surface area contributed by atoms with Crippen LogP contribution in [0.3, 0.4) is 0 Å². The van der Waals surface area contributed by atoms with Gasteiger partial charge >= 0.3 is 0 Å². The molecule has 1 aliphatic heterocycles. The zero-order valence-electron chi connectivity index (χ0n) is 19.7. The average Bonchev–Trinajstić information content (AvgIpc) is 3.49. The number of anilines is 2. The van der Waals surface area contributed by atoms with Gasteiger partial charge in [-0.25, -0.2) is 0 Å². The Bertz CT molecular complexity index is 1340. The van der Waals surface area contributed by atoms with E-state index in [1.165, 1.54) is 0 Å². The fourth-order valence-electron chi connectivity index (χ4n) is 4.52. The van der Waals surface area contributed by atoms with Gasteiger partial charge in [-0.05, 0) is 78.9 Å². The second kappa shape index (κ2) is 9.60. The summed E-state index contributed by atoms with van der Waals surface area (Å²) in [5.74, 6) is 0.621. The van der Waals surface area contributed by atoms with E-state index in [0.29, 0.717) is 15.9 Å². The highest BCUT2D eigenvalue weighted by Gasteiger charge is 2.42. The lowest BCUT2D eigenvalue weighted by atomic mass is 10.0. The van der Waals surface area contributed by atoms with Crippen molar-refractivity contribution >= 4 is 40.3 Å². The minimum Gasteiger partial charge on any atom is -0.495 e. The molecule has 2 atom stereocenters. The second-order valence-electron chi connectivity index (χ2n) is 8.53. The van der Waals surface area contributed by atoms with E-state index in [2.05, 4.69) is 67.3 Å². The van der Waals surface area contributed by atoms with E-state index in [9.17, 15) is 0 Å². The lowest BCUT2D eigenvalue weighted by Crippen LogP contribution is -2.30. The zero-order chi connectivity index (χ0) is 24.5. The fourth-order valence-corrected chi connectivity index (χ4v) is 5.12. The summed E-state index contributed by atoms with van der Waals surface area (Å²) in [6, 6.07) is 24.0. The standard InChI is InChI=1S/C27H26ClN5OS/c1-31(2)18-9-11-19(12-10-18)32-16-6-8-23(32)26-25(22-7-4-5-15-29-22)30-27(35)33(26)20-13-14-24(34-3)21(28)17-20/h4-17,25-26H,1-3H3,(H,30,35)/t25-,26+/m0/s1. The Morgan fingerprint density at radius 3 is 2.43 bits per heavy atom. The first-order valence-corrected chi connectivity index (χ1v) is 12.1. The number of benzene rings is 2. The summed E-state index contributed by atoms with van der Waals surface area (Å²) in [5, 5.41) is 4.65. The van der Waals surface area contributed by atoms with Crippen molar-refractivity contribution in [2.45, 2.75) is 12.1 Å². The van der Waals surface area contributed by atoms with Crippen molar-refractivity contribution < 1.29 is 4.74 Å². The maximum atomic E-state index is 6.51. The molecule has 2 aromatic heterocycles. The topological polar surface area (TPSA) is 45.6 Å². The normalized spacial score (nSPS) is 17.4. The molecule has 0 unspecified atom stereocenters. The molecular weight excluding hydrogens is 478 g/mol. The Labute approximate surface area is 215 Å². The Balaban J connectivity index is 1.63. The smallest absolute Gasteiger partial charge is 0.174 e. The molecule has 178 valence electrons. The second-order valence-corrected chi connectivity index (χ2v) is 9.32. The van der Waals surface area contributed by atoms with Crippen molar-refractivity contribution in [3.05, 3.63) is 102 Å². The highest BCUT2D eigenvalue weighted by atomic mass is 35.5. The van der Waals surface area contributed by atoms with Crippen molar-refractivity contribution in [2.75, 3.05) is 31.0 Å². The van der Waals surface area contributed by atoms with Crippen LogP contribution in [0.15, 0.2) is 85.2 Å². The van der Waals surface area contributed by atoms with Crippen molar-refractivity contribution in [1.82, 2.24) is 14.9 Å². The molecule has 1 saturated heterocycles. The Hall–Kier alpha value is -3.55. The number of aromatic nitrogens is 2. The van der Waals surface area contributed by atoms with Crippen LogP contribution in [-0.2, 0) is 0 Å². The first-order valence-electron chi connectivity index (χ1n) is 11.3. The summed E-state index contributed by atoms with van der Waals surface area (Å²) in [6.45, 7) is 0. The van der Waals surface area contributed by atoms with E-state index in [1.54, 1.807) is 7.11 Å². The molecule has 0 bridgehead atoms. The molecule has 3 heterocycles. The number of halogens is 1. The van der Waals surface area contributed by atoms with Crippen molar-refractivity contribution in [3.63, 3.8) is 0 Å². The van der Waals surface area contributed by atoms with Gasteiger partial charge in [0.2, 0.25) is 0 Å². The third-order valence-corrected chi connectivity index (χ3v) is 6.85. The molecule has 4 aromatic rings. The van der Waals surface area contributed by atoms with Gasteiger partial charge in [-0.15, -0.1) is 0 Å². The van der Waals surface area contributed by atoms with Crippen LogP contribution in [0, 0.1) is 0 Å². The number of methoxy groups -OCH3 is 1. The highest BCUT2D eigenvalue weighted by Crippen LogP contribution is 2.43. The van der Waals surface area contributed by atoms with Crippen molar-refractivity contribution in [1.29, 1.82) is 0 Å². The van der Waals surface area contributed by atoms with Crippen molar-refractivity contribution in [2.24, 2.45) is 0 Å². The van der Waals surface area contributed by atoms with Crippen LogP contribution >= 0.6 is 23.8 Å². The summed E-state index contributed by atoms with van der Waals surface area (Å²) < 4.78 is 7.57. The van der Waals surface area contributed by atoms with Gasteiger partial charge in [0, 0.05) is 49.2 Å². The Morgan fingerprint density at radius 2 is 1.77 bits per heavy atom. The molecular formula is C27H26ClN5OS. The van der Waals surface area contributed by atoms with E-state index >= 15 is 0 Å². The number of ether oxygens (including phenoxy) is 1. The quantitative estimate of drug-likeness (QED) is 0.337. The van der Waals surface area contributed by atoms with Crippen molar-refractivity contribution in [3.8, 4) is 11.4 Å². The van der Waals surface area contributed by atoms with Crippen LogP contribution < -0.4 is 19.9 Å². The highest BCUT2D eigenvalue weighted by molar-refractivity contribution is 7.80. The lowest BCUT2D eigenvalue weighted by Gasteiger charge is -2.29. The average molecular weight is 504 g/mol. The molecule has 6 nitrogen and oxygen atoms in total. The van der Waals surface area contributed by atoms with E-state index in [1.807, 2.05) is 56.7 Å². The van der Waals surface area contributed by atoms with Gasteiger partial charge in [-0.2, -0.15) is 0 Å². The minimum absolute atomic E-state index is 0.153. The number of thiocarbonyl (C=S) groups is 1. The Kier molecular flexibility index (Phi) is 6.36. The first-order chi connectivity index (χ1) is 17.0. The van der Waals surface area contributed by atoms with Gasteiger partial charge in [0.15, 0.2) is 5.11 Å². The monoisotopic (exact) mass is 503 g/mol. The van der Waals surface area contributed by atoms with Crippen LogP contribution in [0.5, 0.6) is 5.75 Å². The molecule has 0 aliphatic carbocycles. The number of rotatable bonds is 6. The molecule has 1 N–H and O–H groups in total. The van der Waals surface area contributed by atoms with Crippen LogP contribution in [0.1, 0.15) is 23.5 Å². The van der Waals surface area contributed by atoms with Gasteiger partial charge in [-0.3, -0.25) is 4.98 Å². The predicted molar refractivity (Wildman–Crippen MR) is 146 cm³/mol. The number of nitrogens with one attached hydrogen (secondary N) is 1. The number of hydrogen-bond acceptors (Lipinski definition) is 4. The molecule has 5 rings (SSSR count). The molecule has 0 amide bonds. The lowest BCUT2D eigenvalue weighted by molar-refractivity contribution is 0.415. The van der Waals surface area contributed by atoms with E-state index in [-0.39, 0.29) is 12.1 Å². The third-order valence-electron chi connectivity index (χ3n) is 6.24. The summed E-state index contributed by atoms with van der Waals surface area (Å²) in [7, 11) is 5.68. The fraction of sp³-hybridized carbons (Fsp3) is 0.185. The third kappa shape index (κ3) is 4.33. The number of pyridine rings is 1. The number of hydrogen-bond donors (Lipinski definition) is 1. The first kappa shape index (κ1) is 23.2. The molecule has 35 heavy (non-hydrogen) atoms. The van der Waals surface area contributed by atoms with E-state index < -0.39 is 0 Å². The molecule has 1 aliphatic rings. The number of nitrogens with zero attached hydrogens (tertiary/aromatic N) is 4. The molecule has 1 fully saturated rings. The van der Waals surface area contributed by atoms with Gasteiger partial charge < -0.3 is 24.4 Å². The molecule has 2 aromatic carbocycles. The molecule has 8 heteroatoms. The van der Waals surface area contributed by atoms with Crippen LogP contribution in [-0.4, -0.2) is 35.9 Å². The maximum absolute atomic E-state index is 6.51. The Morgan fingerprint density at radius 1 is 1.00 bits per heavy atom. The van der Waals surface area contributed by atoms with Crippen LogP contribution in [0.4, 0.5) is 11.4 Å². The van der Waals surface area contributed by atoms with Gasteiger partial charge in [0.1, 0.15) is 11.8 Å². The largest absolute Gasteiger partial charge is 0.495 e. The van der Waals surface area contributed by atoms with Gasteiger partial charge in [0.25, 0.3) is 0 Å². The SMILES string of the molecule is COc1ccc(N2C(=S)N[C@@H](c3ccccn3)[C@H]2c2cccn2-c2ccc(N(C)C)cc2)cc1Cl. The van der Waals surface area contributed by atoms with Gasteiger partial charge in [-0.1, -0.05) is 17.7 Å². The van der Waals surface area contributed by atoms with E-state index in [4.69, 9.17) is 28.6 Å². The summed E-state index contributed by atoms with van der Waals surface area (Å²) in [5.41, 5.74) is 5.09. The summed E-state index contributed by atoms with van der Waals surface area (Å²) >= 11 is 12.4. The minimum atomic E-state index is -0.162. The maximum Gasteiger partial charge on any atom is 0.174 e. The van der Waals surface area contributed by atoms with E-state index in [0.717, 1.165) is 28.5 Å². The zero-order valence-corrected chi connectivity index (χ0v) is 21.3. The van der Waals surface area contributed by atoms with Crippen LogP contribution in [0.25, 0.3) is 5.69 Å². The molecule has 0 saturated carbocycles. The molecule has 0 radical (unpaired) electrons. The summed E-state index contributed by atoms with van der Waals surface area (Å²) in [4.78, 5) is 8.85. The predicted octanol–water partition coefficient (Wildman–Crippen LogP) is 5.78. The summed E-state index contributed by atoms with van der Waals surface area (Å²) in [6.07, 6.45) is 3.89. The molecule has 0 spiro atoms. The van der Waals surface area contributed by atoms with Gasteiger partial charge in [0.05, 0.1) is 23.9 Å². The van der Waals surface area contributed by atoms with Crippen LogP contribution in [0.2, 0.25) is 5.02 Å².